The summed E-state index contributed by atoms with van der Waals surface area (Å²) in [7, 11) is 0. The summed E-state index contributed by atoms with van der Waals surface area (Å²) in [4.78, 5) is 10.2. The van der Waals surface area contributed by atoms with Crippen LogP contribution < -0.4 is 9.47 Å². The minimum atomic E-state index is -5.00. The van der Waals surface area contributed by atoms with Gasteiger partial charge in [0.2, 0.25) is 0 Å². The third-order valence-electron chi connectivity index (χ3n) is 2.80. The van der Waals surface area contributed by atoms with Gasteiger partial charge in [0.1, 0.15) is 11.5 Å². The highest BCUT2D eigenvalue weighted by atomic mass is 19.4. The molecule has 0 bridgehead atoms. The standard InChI is InChI=1S/C14H7F6NO4/c15-13(16,17)24-9-3-1-8(2-4-9)11-7-10(25-14(18,19)20)5-6-12(11)21(22)23/h1-7H. The van der Waals surface area contributed by atoms with Gasteiger partial charge in [-0.1, -0.05) is 12.1 Å². The Kier molecular flexibility index (Phi) is 4.77. The molecule has 134 valence electrons. The summed E-state index contributed by atoms with van der Waals surface area (Å²) in [5.74, 6) is -1.29. The van der Waals surface area contributed by atoms with E-state index in [-0.39, 0.29) is 11.1 Å². The number of nitro benzene ring substituents is 1. The molecule has 0 saturated carbocycles. The molecule has 0 unspecified atom stereocenters. The molecule has 0 N–H and O–H groups in total. The number of rotatable bonds is 4. The second kappa shape index (κ2) is 6.49. The second-order valence-corrected chi connectivity index (χ2v) is 4.56. The molecular weight excluding hydrogens is 360 g/mol. The maximum absolute atomic E-state index is 12.3. The van der Waals surface area contributed by atoms with Crippen molar-refractivity contribution in [3.05, 3.63) is 52.6 Å². The van der Waals surface area contributed by atoms with Crippen LogP contribution in [0.5, 0.6) is 11.5 Å². The zero-order valence-electron chi connectivity index (χ0n) is 11.9. The second-order valence-electron chi connectivity index (χ2n) is 4.56. The molecule has 0 aromatic heterocycles. The Bertz CT molecular complexity index is 770. The Hall–Kier alpha value is -2.98. The first-order chi connectivity index (χ1) is 11.4. The lowest BCUT2D eigenvalue weighted by molar-refractivity contribution is -0.384. The van der Waals surface area contributed by atoms with Crippen molar-refractivity contribution in [2.45, 2.75) is 12.7 Å². The predicted octanol–water partition coefficient (Wildman–Crippen LogP) is 5.06. The van der Waals surface area contributed by atoms with E-state index in [1.54, 1.807) is 0 Å². The van der Waals surface area contributed by atoms with Crippen molar-refractivity contribution in [1.82, 2.24) is 0 Å². The van der Waals surface area contributed by atoms with Gasteiger partial charge in [-0.05, 0) is 29.8 Å². The molecule has 0 aliphatic carbocycles. The maximum atomic E-state index is 12.3. The van der Waals surface area contributed by atoms with Crippen molar-refractivity contribution in [3.63, 3.8) is 0 Å². The monoisotopic (exact) mass is 367 g/mol. The summed E-state index contributed by atoms with van der Waals surface area (Å²) in [5, 5.41) is 11.0. The molecule has 0 heterocycles. The normalized spacial score (nSPS) is 11.9. The van der Waals surface area contributed by atoms with E-state index in [2.05, 4.69) is 9.47 Å². The van der Waals surface area contributed by atoms with Crippen LogP contribution in [0.4, 0.5) is 32.0 Å². The Labute approximate surface area is 135 Å². The molecule has 0 amide bonds. The van der Waals surface area contributed by atoms with E-state index in [1.807, 2.05) is 0 Å². The van der Waals surface area contributed by atoms with Crippen molar-refractivity contribution < 1.29 is 40.7 Å². The molecule has 5 nitrogen and oxygen atoms in total. The Morgan fingerprint density at radius 2 is 1.28 bits per heavy atom. The molecule has 11 heteroatoms. The maximum Gasteiger partial charge on any atom is 0.573 e. The van der Waals surface area contributed by atoms with Gasteiger partial charge in [0.05, 0.1) is 10.5 Å². The molecule has 0 aliphatic heterocycles. The molecule has 25 heavy (non-hydrogen) atoms. The molecular formula is C14H7F6NO4. The SMILES string of the molecule is O=[N+]([O-])c1ccc(OC(F)(F)F)cc1-c1ccc(OC(F)(F)F)cc1. The molecule has 0 atom stereocenters. The van der Waals surface area contributed by atoms with Gasteiger partial charge >= 0.3 is 12.7 Å². The molecule has 0 fully saturated rings. The summed E-state index contributed by atoms with van der Waals surface area (Å²) in [6.45, 7) is 0. The van der Waals surface area contributed by atoms with Crippen molar-refractivity contribution in [2.24, 2.45) is 0 Å². The van der Waals surface area contributed by atoms with E-state index in [0.29, 0.717) is 0 Å². The molecule has 2 aromatic rings. The van der Waals surface area contributed by atoms with Gasteiger partial charge in [0, 0.05) is 6.07 Å². The number of halogens is 6. The number of hydrogen-bond acceptors (Lipinski definition) is 4. The lowest BCUT2D eigenvalue weighted by Crippen LogP contribution is -2.17. The van der Waals surface area contributed by atoms with Gasteiger partial charge in [0.25, 0.3) is 5.69 Å². The molecule has 2 rings (SSSR count). The van der Waals surface area contributed by atoms with Gasteiger partial charge in [-0.25, -0.2) is 0 Å². The van der Waals surface area contributed by atoms with Crippen LogP contribution in [-0.2, 0) is 0 Å². The van der Waals surface area contributed by atoms with Crippen molar-refractivity contribution >= 4 is 5.69 Å². The third-order valence-corrected chi connectivity index (χ3v) is 2.80. The summed E-state index contributed by atoms with van der Waals surface area (Å²) < 4.78 is 80.5. The van der Waals surface area contributed by atoms with E-state index >= 15 is 0 Å². The Morgan fingerprint density at radius 1 is 0.800 bits per heavy atom. The van der Waals surface area contributed by atoms with Crippen molar-refractivity contribution in [1.29, 1.82) is 0 Å². The first-order valence-electron chi connectivity index (χ1n) is 6.35. The summed E-state index contributed by atoms with van der Waals surface area (Å²) in [6, 6.07) is 6.17. The molecule has 0 radical (unpaired) electrons. The van der Waals surface area contributed by atoms with Crippen LogP contribution in [0.15, 0.2) is 42.5 Å². The quantitative estimate of drug-likeness (QED) is 0.431. The fourth-order valence-electron chi connectivity index (χ4n) is 1.94. The number of nitro groups is 1. The summed E-state index contributed by atoms with van der Waals surface area (Å²) >= 11 is 0. The number of alkyl halides is 6. The van der Waals surface area contributed by atoms with Gasteiger partial charge in [-0.2, -0.15) is 0 Å². The van der Waals surface area contributed by atoms with E-state index in [4.69, 9.17) is 0 Å². The lowest BCUT2D eigenvalue weighted by Gasteiger charge is -2.12. The van der Waals surface area contributed by atoms with Crippen LogP contribution in [0.25, 0.3) is 11.1 Å². The Balaban J connectivity index is 2.41. The van der Waals surface area contributed by atoms with E-state index in [1.165, 1.54) is 0 Å². The minimum Gasteiger partial charge on any atom is -0.406 e. The van der Waals surface area contributed by atoms with E-state index in [9.17, 15) is 36.5 Å². The van der Waals surface area contributed by atoms with Gasteiger partial charge < -0.3 is 9.47 Å². The topological polar surface area (TPSA) is 61.6 Å². The average Bonchev–Trinajstić information content (AvgIpc) is 2.44. The first kappa shape index (κ1) is 18.4. The molecule has 0 aliphatic rings. The fourth-order valence-corrected chi connectivity index (χ4v) is 1.94. The number of nitrogens with zero attached hydrogens (tertiary/aromatic N) is 1. The molecule has 0 saturated heterocycles. The molecule has 2 aromatic carbocycles. The van der Waals surface area contributed by atoms with Crippen LogP contribution in [0.3, 0.4) is 0 Å². The van der Waals surface area contributed by atoms with Crippen LogP contribution in [0.2, 0.25) is 0 Å². The highest BCUT2D eigenvalue weighted by Crippen LogP contribution is 2.36. The van der Waals surface area contributed by atoms with Crippen LogP contribution >= 0.6 is 0 Å². The zero-order valence-corrected chi connectivity index (χ0v) is 11.9. The molecule has 0 spiro atoms. The van der Waals surface area contributed by atoms with E-state index in [0.717, 1.165) is 42.5 Å². The van der Waals surface area contributed by atoms with Crippen molar-refractivity contribution in [2.75, 3.05) is 0 Å². The lowest BCUT2D eigenvalue weighted by atomic mass is 10.0. The minimum absolute atomic E-state index is 0.00819. The summed E-state index contributed by atoms with van der Waals surface area (Å²) in [6.07, 6.45) is -9.92. The smallest absolute Gasteiger partial charge is 0.406 e. The van der Waals surface area contributed by atoms with Crippen LogP contribution in [-0.4, -0.2) is 17.6 Å². The fraction of sp³-hybridized carbons (Fsp3) is 0.143. The van der Waals surface area contributed by atoms with Crippen molar-refractivity contribution in [3.8, 4) is 22.6 Å². The number of benzene rings is 2. The first-order valence-corrected chi connectivity index (χ1v) is 6.35. The highest BCUT2D eigenvalue weighted by Gasteiger charge is 2.32. The highest BCUT2D eigenvalue weighted by molar-refractivity contribution is 5.75. The van der Waals surface area contributed by atoms with Gasteiger partial charge in [0.15, 0.2) is 0 Å². The number of hydrogen-bond donors (Lipinski definition) is 0. The van der Waals surface area contributed by atoms with Gasteiger partial charge in [-0.15, -0.1) is 26.3 Å². The predicted molar refractivity (Wildman–Crippen MR) is 71.9 cm³/mol. The number of ether oxygens (including phenoxy) is 2. The van der Waals surface area contributed by atoms with E-state index < -0.39 is 34.8 Å². The third kappa shape index (κ3) is 5.26. The van der Waals surface area contributed by atoms with Crippen LogP contribution in [0.1, 0.15) is 0 Å². The largest absolute Gasteiger partial charge is 0.573 e. The van der Waals surface area contributed by atoms with Gasteiger partial charge in [-0.3, -0.25) is 10.1 Å². The average molecular weight is 367 g/mol. The zero-order chi connectivity index (χ0) is 18.8. The Morgan fingerprint density at radius 3 is 1.76 bits per heavy atom. The summed E-state index contributed by atoms with van der Waals surface area (Å²) in [5.41, 5.74) is -0.793. The van der Waals surface area contributed by atoms with Crippen LogP contribution in [0, 0.1) is 10.1 Å².